The van der Waals surface area contributed by atoms with E-state index in [1.165, 1.54) is 6.21 Å². The Hall–Kier alpha value is -1.02. The number of aliphatic hydroxyl groups is 2. The van der Waals surface area contributed by atoms with Crippen molar-refractivity contribution in [1.29, 1.82) is 0 Å². The number of hydrogen-bond donors (Lipinski definition) is 3. The molecule has 7 heteroatoms. The number of aliphatic imine (C=N–C) groups is 1. The van der Waals surface area contributed by atoms with Gasteiger partial charge in [-0.3, -0.25) is 9.79 Å². The molecule has 0 spiro atoms. The number of rotatable bonds is 4. The molecular weight excluding hydrogens is 216 g/mol. The first-order chi connectivity index (χ1) is 7.59. The summed E-state index contributed by atoms with van der Waals surface area (Å²) in [6.45, 7) is -0.177. The summed E-state index contributed by atoms with van der Waals surface area (Å²) in [4.78, 5) is 14.4. The number of hydrogen-bond acceptors (Lipinski definition) is 6. The van der Waals surface area contributed by atoms with Gasteiger partial charge in [0.1, 0.15) is 17.8 Å². The molecule has 4 N–H and O–H groups in total. The lowest BCUT2D eigenvalue weighted by Gasteiger charge is -2.26. The summed E-state index contributed by atoms with van der Waals surface area (Å²) in [5.41, 5.74) is 3.87. The average Bonchev–Trinajstić information content (AvgIpc) is 2.70. The van der Waals surface area contributed by atoms with E-state index in [-0.39, 0.29) is 19.6 Å². The second-order valence-electron chi connectivity index (χ2n) is 3.95. The van der Waals surface area contributed by atoms with E-state index in [9.17, 15) is 9.90 Å². The molecule has 2 heterocycles. The smallest absolute Gasteiger partial charge is 0.222 e. The summed E-state index contributed by atoms with van der Waals surface area (Å²) in [6.07, 6.45) is -0.830. The standard InChI is InChI=1S/C9H14N2O5/c10-5(13)1-2-11-8-6-7(14)9(3-12,16-8)4-15-6/h2,6-8,12,14H,1,3-4H2,(H2,10,13). The topological polar surface area (TPSA) is 114 Å². The van der Waals surface area contributed by atoms with Gasteiger partial charge in [-0.1, -0.05) is 0 Å². The maximum absolute atomic E-state index is 10.5. The Balaban J connectivity index is 2.00. The number of aliphatic hydroxyl groups excluding tert-OH is 2. The van der Waals surface area contributed by atoms with Gasteiger partial charge in [0.2, 0.25) is 5.91 Å². The van der Waals surface area contributed by atoms with Crippen molar-refractivity contribution in [3.63, 3.8) is 0 Å². The Morgan fingerprint density at radius 2 is 2.44 bits per heavy atom. The fraction of sp³-hybridized carbons (Fsp3) is 0.778. The number of nitrogens with two attached hydrogens (primary N) is 1. The van der Waals surface area contributed by atoms with Crippen LogP contribution in [0.5, 0.6) is 0 Å². The van der Waals surface area contributed by atoms with E-state index in [0.717, 1.165) is 0 Å². The van der Waals surface area contributed by atoms with Gasteiger partial charge in [0.15, 0.2) is 6.23 Å². The van der Waals surface area contributed by atoms with Crippen molar-refractivity contribution in [2.75, 3.05) is 13.2 Å². The van der Waals surface area contributed by atoms with E-state index in [2.05, 4.69) is 4.99 Å². The van der Waals surface area contributed by atoms with Crippen LogP contribution in [0.2, 0.25) is 0 Å². The van der Waals surface area contributed by atoms with Crippen LogP contribution in [0.4, 0.5) is 0 Å². The second-order valence-corrected chi connectivity index (χ2v) is 3.95. The third-order valence-electron chi connectivity index (χ3n) is 2.82. The molecular formula is C9H14N2O5. The van der Waals surface area contributed by atoms with Gasteiger partial charge in [-0.05, 0) is 0 Å². The molecule has 90 valence electrons. The molecule has 4 unspecified atom stereocenters. The molecule has 2 bridgehead atoms. The van der Waals surface area contributed by atoms with Crippen molar-refractivity contribution in [2.45, 2.75) is 30.5 Å². The Morgan fingerprint density at radius 1 is 1.69 bits per heavy atom. The molecule has 16 heavy (non-hydrogen) atoms. The van der Waals surface area contributed by atoms with Crippen LogP contribution in [-0.4, -0.2) is 59.6 Å². The molecule has 2 aliphatic rings. The molecule has 2 rings (SSSR count). The van der Waals surface area contributed by atoms with Crippen LogP contribution in [0, 0.1) is 0 Å². The van der Waals surface area contributed by atoms with Crippen molar-refractivity contribution >= 4 is 12.1 Å². The Labute approximate surface area is 91.9 Å². The maximum atomic E-state index is 10.5. The van der Waals surface area contributed by atoms with E-state index >= 15 is 0 Å². The molecule has 2 fully saturated rings. The zero-order valence-electron chi connectivity index (χ0n) is 8.57. The first-order valence-electron chi connectivity index (χ1n) is 4.97. The van der Waals surface area contributed by atoms with Gasteiger partial charge in [0.25, 0.3) is 0 Å². The van der Waals surface area contributed by atoms with Crippen molar-refractivity contribution in [3.8, 4) is 0 Å². The third-order valence-corrected chi connectivity index (χ3v) is 2.82. The van der Waals surface area contributed by atoms with Gasteiger partial charge in [0.05, 0.1) is 19.6 Å². The lowest BCUT2D eigenvalue weighted by molar-refractivity contribution is -0.157. The van der Waals surface area contributed by atoms with Gasteiger partial charge in [-0.25, -0.2) is 0 Å². The van der Waals surface area contributed by atoms with Crippen LogP contribution in [0.3, 0.4) is 0 Å². The SMILES string of the molecule is NC(=O)CC=NC1OC2(CO)COC1C2O. The maximum Gasteiger partial charge on any atom is 0.222 e. The van der Waals surface area contributed by atoms with E-state index in [1.54, 1.807) is 0 Å². The van der Waals surface area contributed by atoms with Gasteiger partial charge in [-0.15, -0.1) is 0 Å². The van der Waals surface area contributed by atoms with Crippen molar-refractivity contribution < 1.29 is 24.5 Å². The van der Waals surface area contributed by atoms with Crippen LogP contribution < -0.4 is 5.73 Å². The van der Waals surface area contributed by atoms with Gasteiger partial charge in [-0.2, -0.15) is 0 Å². The fourth-order valence-electron chi connectivity index (χ4n) is 1.90. The largest absolute Gasteiger partial charge is 0.393 e. The first-order valence-corrected chi connectivity index (χ1v) is 4.97. The van der Waals surface area contributed by atoms with Crippen LogP contribution in [0.15, 0.2) is 4.99 Å². The summed E-state index contributed by atoms with van der Waals surface area (Å²) < 4.78 is 10.7. The van der Waals surface area contributed by atoms with Gasteiger partial charge < -0.3 is 25.4 Å². The highest BCUT2D eigenvalue weighted by Crippen LogP contribution is 2.39. The molecule has 0 saturated carbocycles. The van der Waals surface area contributed by atoms with Crippen LogP contribution in [-0.2, 0) is 14.3 Å². The molecule has 0 aromatic heterocycles. The van der Waals surface area contributed by atoms with Crippen molar-refractivity contribution in [3.05, 3.63) is 0 Å². The minimum absolute atomic E-state index is 0.00873. The van der Waals surface area contributed by atoms with Gasteiger partial charge >= 0.3 is 0 Å². The molecule has 0 aromatic rings. The van der Waals surface area contributed by atoms with E-state index in [4.69, 9.17) is 20.3 Å². The van der Waals surface area contributed by atoms with Crippen LogP contribution in [0.25, 0.3) is 0 Å². The number of ether oxygens (including phenoxy) is 2. The predicted octanol–water partition coefficient (Wildman–Crippen LogP) is -2.22. The van der Waals surface area contributed by atoms with E-state index in [1.807, 2.05) is 0 Å². The lowest BCUT2D eigenvalue weighted by Crippen LogP contribution is -2.44. The molecule has 0 radical (unpaired) electrons. The summed E-state index contributed by atoms with van der Waals surface area (Å²) >= 11 is 0. The van der Waals surface area contributed by atoms with E-state index in [0.29, 0.717) is 0 Å². The Morgan fingerprint density at radius 3 is 3.00 bits per heavy atom. The minimum atomic E-state index is -1.07. The highest BCUT2D eigenvalue weighted by atomic mass is 16.6. The van der Waals surface area contributed by atoms with Crippen molar-refractivity contribution in [1.82, 2.24) is 0 Å². The number of fused-ring (bicyclic) bond motifs is 2. The lowest BCUT2D eigenvalue weighted by atomic mass is 10.0. The monoisotopic (exact) mass is 230 g/mol. The first kappa shape index (κ1) is 11.5. The second kappa shape index (κ2) is 4.10. The molecule has 0 aromatic carbocycles. The molecule has 7 nitrogen and oxygen atoms in total. The normalized spacial score (nSPS) is 42.0. The quantitative estimate of drug-likeness (QED) is 0.473. The molecule has 2 saturated heterocycles. The summed E-state index contributed by atoms with van der Waals surface area (Å²) in [5, 5.41) is 18.9. The number of nitrogens with zero attached hydrogens (tertiary/aromatic N) is 1. The zero-order chi connectivity index (χ0) is 11.8. The summed E-state index contributed by atoms with van der Waals surface area (Å²) in [5.74, 6) is -0.495. The molecule has 1 amide bonds. The third kappa shape index (κ3) is 1.71. The zero-order valence-corrected chi connectivity index (χ0v) is 8.57. The fourth-order valence-corrected chi connectivity index (χ4v) is 1.90. The van der Waals surface area contributed by atoms with Crippen LogP contribution in [0.1, 0.15) is 6.42 Å². The average molecular weight is 230 g/mol. The highest BCUT2D eigenvalue weighted by molar-refractivity contribution is 5.88. The number of amides is 1. The number of primary amides is 1. The summed E-state index contributed by atoms with van der Waals surface area (Å²) in [7, 11) is 0. The number of carbonyl (C=O) groups excluding carboxylic acids is 1. The van der Waals surface area contributed by atoms with Crippen LogP contribution >= 0.6 is 0 Å². The van der Waals surface area contributed by atoms with Gasteiger partial charge in [0, 0.05) is 6.21 Å². The molecule has 0 aliphatic carbocycles. The predicted molar refractivity (Wildman–Crippen MR) is 52.7 cm³/mol. The van der Waals surface area contributed by atoms with E-state index < -0.39 is 29.9 Å². The Bertz CT molecular complexity index is 321. The molecule has 4 atom stereocenters. The van der Waals surface area contributed by atoms with Crippen molar-refractivity contribution in [2.24, 2.45) is 10.7 Å². The summed E-state index contributed by atoms with van der Waals surface area (Å²) in [6, 6.07) is 0. The minimum Gasteiger partial charge on any atom is -0.393 e. The number of carbonyl (C=O) groups is 1. The molecule has 2 aliphatic heterocycles. The Kier molecular flexibility index (Phi) is 2.94. The highest BCUT2D eigenvalue weighted by Gasteiger charge is 2.60.